The molecule has 2 saturated carbocycles. The Hall–Kier alpha value is -0.120. The van der Waals surface area contributed by atoms with Crippen LogP contribution < -0.4 is 5.32 Å². The molecule has 2 aliphatic rings. The van der Waals surface area contributed by atoms with Crippen molar-refractivity contribution in [1.29, 1.82) is 0 Å². The smallest absolute Gasteiger partial charge is 0.0661 e. The van der Waals surface area contributed by atoms with E-state index in [1.165, 1.54) is 51.4 Å². The van der Waals surface area contributed by atoms with Crippen molar-refractivity contribution in [2.24, 2.45) is 5.41 Å². The van der Waals surface area contributed by atoms with Crippen molar-refractivity contribution in [3.8, 4) is 0 Å². The summed E-state index contributed by atoms with van der Waals surface area (Å²) in [6, 6.07) is 0.695. The van der Waals surface area contributed by atoms with Crippen LogP contribution in [-0.4, -0.2) is 38.0 Å². The lowest BCUT2D eigenvalue weighted by atomic mass is 9.55. The highest BCUT2D eigenvalue weighted by atomic mass is 16.5. The van der Waals surface area contributed by atoms with E-state index >= 15 is 0 Å². The van der Waals surface area contributed by atoms with Gasteiger partial charge in [0.2, 0.25) is 0 Å². The van der Waals surface area contributed by atoms with Crippen LogP contribution in [0.2, 0.25) is 0 Å². The Balaban J connectivity index is 1.68. The van der Waals surface area contributed by atoms with Crippen LogP contribution in [0.15, 0.2) is 0 Å². The van der Waals surface area contributed by atoms with E-state index in [0.717, 1.165) is 19.8 Å². The van der Waals surface area contributed by atoms with E-state index in [0.29, 0.717) is 23.7 Å². The fourth-order valence-electron chi connectivity index (χ4n) is 4.17. The maximum Gasteiger partial charge on any atom is 0.0661 e. The van der Waals surface area contributed by atoms with Crippen LogP contribution in [0.3, 0.4) is 0 Å². The van der Waals surface area contributed by atoms with E-state index in [4.69, 9.17) is 9.47 Å². The zero-order valence-electron chi connectivity index (χ0n) is 14.3. The number of rotatable bonds is 9. The monoisotopic (exact) mass is 297 g/mol. The zero-order valence-corrected chi connectivity index (χ0v) is 14.3. The lowest BCUT2D eigenvalue weighted by Crippen LogP contribution is -2.64. The molecule has 124 valence electrons. The fourth-order valence-corrected chi connectivity index (χ4v) is 4.17. The van der Waals surface area contributed by atoms with Gasteiger partial charge < -0.3 is 14.8 Å². The molecule has 2 atom stereocenters. The first-order valence-electron chi connectivity index (χ1n) is 9.15. The van der Waals surface area contributed by atoms with Gasteiger partial charge in [0.05, 0.1) is 12.2 Å². The van der Waals surface area contributed by atoms with Crippen LogP contribution in [0, 0.1) is 5.41 Å². The lowest BCUT2D eigenvalue weighted by molar-refractivity contribution is -0.149. The largest absolute Gasteiger partial charge is 0.379 e. The maximum absolute atomic E-state index is 6.01. The Bertz CT molecular complexity index is 287. The topological polar surface area (TPSA) is 30.5 Å². The second-order valence-electron chi connectivity index (χ2n) is 7.11. The number of ether oxygens (including phenoxy) is 2. The molecule has 0 saturated heterocycles. The van der Waals surface area contributed by atoms with Gasteiger partial charge in [-0.2, -0.15) is 0 Å². The Labute approximate surface area is 131 Å². The minimum atomic E-state index is 0.363. The van der Waals surface area contributed by atoms with Crippen molar-refractivity contribution in [2.75, 3.05) is 19.8 Å². The second-order valence-corrected chi connectivity index (χ2v) is 7.11. The Morgan fingerprint density at radius 2 is 1.90 bits per heavy atom. The standard InChI is InChI=1S/C18H35NO2/c1-4-20-17-14-16(18(17)10-6-5-7-11-18)19-12-8-9-13-21-15(2)3/h15-17,19H,4-14H2,1-3H3. The van der Waals surface area contributed by atoms with E-state index in [2.05, 4.69) is 26.1 Å². The van der Waals surface area contributed by atoms with E-state index in [1.807, 2.05) is 0 Å². The molecule has 0 heterocycles. The Kier molecular flexibility index (Phi) is 6.97. The van der Waals surface area contributed by atoms with Gasteiger partial charge in [0.15, 0.2) is 0 Å². The summed E-state index contributed by atoms with van der Waals surface area (Å²) in [4.78, 5) is 0. The Morgan fingerprint density at radius 1 is 1.14 bits per heavy atom. The van der Waals surface area contributed by atoms with Gasteiger partial charge in [0, 0.05) is 24.7 Å². The van der Waals surface area contributed by atoms with E-state index in [9.17, 15) is 0 Å². The molecule has 21 heavy (non-hydrogen) atoms. The van der Waals surface area contributed by atoms with Crippen molar-refractivity contribution in [1.82, 2.24) is 5.32 Å². The summed E-state index contributed by atoms with van der Waals surface area (Å²) in [5.74, 6) is 0. The van der Waals surface area contributed by atoms with E-state index in [-0.39, 0.29) is 0 Å². The predicted octanol–water partition coefficient (Wildman–Crippen LogP) is 3.91. The SMILES string of the molecule is CCOC1CC(NCCCCOC(C)C)C12CCCCC2. The van der Waals surface area contributed by atoms with Crippen molar-refractivity contribution in [3.63, 3.8) is 0 Å². The summed E-state index contributed by atoms with van der Waals surface area (Å²) >= 11 is 0. The van der Waals surface area contributed by atoms with Crippen LogP contribution in [0.1, 0.15) is 72.1 Å². The molecular formula is C18H35NO2. The number of nitrogens with one attached hydrogen (secondary N) is 1. The predicted molar refractivity (Wildman–Crippen MR) is 87.7 cm³/mol. The molecule has 3 nitrogen and oxygen atoms in total. The lowest BCUT2D eigenvalue weighted by Gasteiger charge is -2.58. The molecule has 0 aliphatic heterocycles. The molecule has 0 aromatic carbocycles. The summed E-state index contributed by atoms with van der Waals surface area (Å²) in [6.45, 7) is 9.24. The van der Waals surface area contributed by atoms with E-state index < -0.39 is 0 Å². The van der Waals surface area contributed by atoms with Gasteiger partial charge in [-0.3, -0.25) is 0 Å². The van der Waals surface area contributed by atoms with Crippen LogP contribution in [-0.2, 0) is 9.47 Å². The van der Waals surface area contributed by atoms with Gasteiger partial charge in [0.25, 0.3) is 0 Å². The first-order chi connectivity index (χ1) is 10.2. The van der Waals surface area contributed by atoms with Gasteiger partial charge in [-0.1, -0.05) is 19.3 Å². The average Bonchev–Trinajstić information content (AvgIpc) is 2.49. The first-order valence-corrected chi connectivity index (χ1v) is 9.15. The summed E-state index contributed by atoms with van der Waals surface area (Å²) < 4.78 is 11.6. The third kappa shape index (κ3) is 4.43. The third-order valence-corrected chi connectivity index (χ3v) is 5.35. The van der Waals surface area contributed by atoms with Gasteiger partial charge in [-0.15, -0.1) is 0 Å². The zero-order chi connectivity index (χ0) is 15.1. The van der Waals surface area contributed by atoms with Gasteiger partial charge in [0.1, 0.15) is 0 Å². The summed E-state index contributed by atoms with van der Waals surface area (Å²) in [5.41, 5.74) is 0.461. The molecule has 0 aromatic heterocycles. The highest BCUT2D eigenvalue weighted by Gasteiger charge is 2.55. The highest BCUT2D eigenvalue weighted by molar-refractivity contribution is 5.08. The molecule has 1 N–H and O–H groups in total. The maximum atomic E-state index is 6.01. The molecule has 0 radical (unpaired) electrons. The number of hydrogen-bond donors (Lipinski definition) is 1. The minimum absolute atomic E-state index is 0.363. The van der Waals surface area contributed by atoms with Crippen molar-refractivity contribution >= 4 is 0 Å². The molecule has 3 heteroatoms. The normalized spacial score (nSPS) is 28.0. The fraction of sp³-hybridized carbons (Fsp3) is 1.00. The quantitative estimate of drug-likeness (QED) is 0.655. The third-order valence-electron chi connectivity index (χ3n) is 5.35. The molecule has 0 aromatic rings. The minimum Gasteiger partial charge on any atom is -0.379 e. The van der Waals surface area contributed by atoms with Crippen LogP contribution in [0.4, 0.5) is 0 Å². The van der Waals surface area contributed by atoms with E-state index in [1.54, 1.807) is 0 Å². The molecule has 2 fully saturated rings. The van der Waals surface area contributed by atoms with Gasteiger partial charge in [-0.05, 0) is 59.4 Å². The van der Waals surface area contributed by atoms with Gasteiger partial charge >= 0.3 is 0 Å². The first kappa shape index (κ1) is 17.2. The van der Waals surface area contributed by atoms with Crippen molar-refractivity contribution in [3.05, 3.63) is 0 Å². The summed E-state index contributed by atoms with van der Waals surface area (Å²) in [5, 5.41) is 3.82. The summed E-state index contributed by atoms with van der Waals surface area (Å²) in [6.07, 6.45) is 11.4. The van der Waals surface area contributed by atoms with Crippen molar-refractivity contribution in [2.45, 2.75) is 90.4 Å². The van der Waals surface area contributed by atoms with Gasteiger partial charge in [-0.25, -0.2) is 0 Å². The van der Waals surface area contributed by atoms with Crippen LogP contribution in [0.25, 0.3) is 0 Å². The summed E-state index contributed by atoms with van der Waals surface area (Å²) in [7, 11) is 0. The van der Waals surface area contributed by atoms with Crippen LogP contribution >= 0.6 is 0 Å². The molecule has 2 aliphatic carbocycles. The second kappa shape index (κ2) is 8.50. The number of hydrogen-bond acceptors (Lipinski definition) is 3. The highest BCUT2D eigenvalue weighted by Crippen LogP contribution is 2.53. The molecular weight excluding hydrogens is 262 g/mol. The Morgan fingerprint density at radius 3 is 2.57 bits per heavy atom. The van der Waals surface area contributed by atoms with Crippen LogP contribution in [0.5, 0.6) is 0 Å². The molecule has 2 rings (SSSR count). The van der Waals surface area contributed by atoms with Crippen molar-refractivity contribution < 1.29 is 9.47 Å². The molecule has 0 bridgehead atoms. The number of unbranched alkanes of at least 4 members (excludes halogenated alkanes) is 1. The molecule has 2 unspecified atom stereocenters. The molecule has 0 amide bonds. The molecule has 1 spiro atoms. The average molecular weight is 297 g/mol.